The molecule has 0 amide bonds. The van der Waals surface area contributed by atoms with E-state index in [1.807, 2.05) is 31.2 Å². The average Bonchev–Trinajstić information content (AvgIpc) is 2.29. The lowest BCUT2D eigenvalue weighted by molar-refractivity contribution is 0.462. The molecule has 1 heterocycles. The number of rotatable bonds is 3. The summed E-state index contributed by atoms with van der Waals surface area (Å²) in [7, 11) is 0. The van der Waals surface area contributed by atoms with E-state index in [0.717, 1.165) is 11.3 Å². The van der Waals surface area contributed by atoms with E-state index < -0.39 is 0 Å². The maximum absolute atomic E-state index is 5.56. The molecular weight excluding hydrogens is 204 g/mol. The van der Waals surface area contributed by atoms with E-state index in [1.165, 1.54) is 0 Å². The van der Waals surface area contributed by atoms with Crippen LogP contribution in [0.5, 0.6) is 11.6 Å². The molecule has 0 spiro atoms. The number of nitrogens with one attached hydrogen (secondary N) is 1. The fourth-order valence-electron chi connectivity index (χ4n) is 1.27. The van der Waals surface area contributed by atoms with Crippen LogP contribution in [0.2, 0.25) is 0 Å². The van der Waals surface area contributed by atoms with Crippen LogP contribution in [0.1, 0.15) is 5.56 Å². The van der Waals surface area contributed by atoms with Gasteiger partial charge in [0.15, 0.2) is 0 Å². The van der Waals surface area contributed by atoms with Crippen molar-refractivity contribution in [1.29, 1.82) is 0 Å². The quantitative estimate of drug-likeness (QED) is 0.605. The predicted molar refractivity (Wildman–Crippen MR) is 61.1 cm³/mol. The highest BCUT2D eigenvalue weighted by atomic mass is 16.5. The van der Waals surface area contributed by atoms with Gasteiger partial charge in [0.25, 0.3) is 0 Å². The maximum atomic E-state index is 5.56. The standard InChI is InChI=1S/C11H12N4O/c1-8-3-2-4-9(7-8)16-10-5-6-13-11(14-10)15-12/h2-7H,12H2,1H3,(H,13,14,15). The first kappa shape index (κ1) is 10.4. The average molecular weight is 216 g/mol. The first-order valence-corrected chi connectivity index (χ1v) is 4.82. The van der Waals surface area contributed by atoms with Crippen molar-refractivity contribution in [3.8, 4) is 11.6 Å². The molecule has 5 heteroatoms. The largest absolute Gasteiger partial charge is 0.439 e. The highest BCUT2D eigenvalue weighted by Crippen LogP contribution is 2.20. The van der Waals surface area contributed by atoms with Crippen LogP contribution in [0, 0.1) is 6.92 Å². The van der Waals surface area contributed by atoms with Gasteiger partial charge in [-0.2, -0.15) is 4.98 Å². The second kappa shape index (κ2) is 4.59. The Hall–Kier alpha value is -2.14. The molecule has 1 aromatic heterocycles. The summed E-state index contributed by atoms with van der Waals surface area (Å²) in [5.41, 5.74) is 3.49. The van der Waals surface area contributed by atoms with Crippen molar-refractivity contribution in [2.75, 3.05) is 5.43 Å². The topological polar surface area (TPSA) is 73.1 Å². The maximum Gasteiger partial charge on any atom is 0.240 e. The van der Waals surface area contributed by atoms with Crippen LogP contribution < -0.4 is 16.0 Å². The van der Waals surface area contributed by atoms with E-state index in [-0.39, 0.29) is 0 Å². The van der Waals surface area contributed by atoms with Crippen molar-refractivity contribution in [3.63, 3.8) is 0 Å². The lowest BCUT2D eigenvalue weighted by atomic mass is 10.2. The van der Waals surface area contributed by atoms with Crippen molar-refractivity contribution in [3.05, 3.63) is 42.1 Å². The molecule has 0 unspecified atom stereocenters. The summed E-state index contributed by atoms with van der Waals surface area (Å²) in [6, 6.07) is 9.39. The molecule has 0 aliphatic rings. The van der Waals surface area contributed by atoms with Gasteiger partial charge >= 0.3 is 0 Å². The molecule has 82 valence electrons. The van der Waals surface area contributed by atoms with Gasteiger partial charge in [0, 0.05) is 12.3 Å². The number of hydrazine groups is 1. The summed E-state index contributed by atoms with van der Waals surface area (Å²) in [6.45, 7) is 2.00. The number of anilines is 1. The Bertz CT molecular complexity index is 487. The molecule has 0 bridgehead atoms. The number of nitrogens with two attached hydrogens (primary N) is 1. The number of hydrogen-bond donors (Lipinski definition) is 2. The zero-order valence-electron chi connectivity index (χ0n) is 8.84. The van der Waals surface area contributed by atoms with Gasteiger partial charge in [-0.15, -0.1) is 0 Å². The normalized spacial score (nSPS) is 9.88. The summed E-state index contributed by atoms with van der Waals surface area (Å²) in [5.74, 6) is 6.72. The molecule has 3 N–H and O–H groups in total. The fraction of sp³-hybridized carbons (Fsp3) is 0.0909. The zero-order chi connectivity index (χ0) is 11.4. The lowest BCUT2D eigenvalue weighted by Crippen LogP contribution is -2.10. The molecule has 0 aliphatic carbocycles. The lowest BCUT2D eigenvalue weighted by Gasteiger charge is -2.05. The zero-order valence-corrected chi connectivity index (χ0v) is 8.84. The van der Waals surface area contributed by atoms with Gasteiger partial charge in [-0.3, -0.25) is 5.43 Å². The van der Waals surface area contributed by atoms with Crippen LogP contribution in [-0.4, -0.2) is 9.97 Å². The van der Waals surface area contributed by atoms with Crippen LogP contribution in [0.25, 0.3) is 0 Å². The smallest absolute Gasteiger partial charge is 0.240 e. The van der Waals surface area contributed by atoms with E-state index in [2.05, 4.69) is 15.4 Å². The summed E-state index contributed by atoms with van der Waals surface area (Å²) < 4.78 is 5.56. The van der Waals surface area contributed by atoms with Crippen LogP contribution >= 0.6 is 0 Å². The summed E-state index contributed by atoms with van der Waals surface area (Å²) in [5, 5.41) is 0. The van der Waals surface area contributed by atoms with Crippen LogP contribution in [0.15, 0.2) is 36.5 Å². The highest BCUT2D eigenvalue weighted by molar-refractivity contribution is 5.32. The Balaban J connectivity index is 2.20. The van der Waals surface area contributed by atoms with Crippen molar-refractivity contribution < 1.29 is 4.74 Å². The molecule has 16 heavy (non-hydrogen) atoms. The molecule has 0 atom stereocenters. The van der Waals surface area contributed by atoms with Gasteiger partial charge < -0.3 is 4.74 Å². The number of nitrogens with zero attached hydrogens (tertiary/aromatic N) is 2. The van der Waals surface area contributed by atoms with E-state index in [0.29, 0.717) is 11.8 Å². The molecular formula is C11H12N4O. The minimum atomic E-state index is 0.324. The van der Waals surface area contributed by atoms with Gasteiger partial charge in [0.1, 0.15) is 5.75 Å². The van der Waals surface area contributed by atoms with Crippen LogP contribution in [-0.2, 0) is 0 Å². The molecule has 0 radical (unpaired) electrons. The predicted octanol–water partition coefficient (Wildman–Crippen LogP) is 1.86. The summed E-state index contributed by atoms with van der Waals surface area (Å²) in [6.07, 6.45) is 1.58. The molecule has 2 rings (SSSR count). The SMILES string of the molecule is Cc1cccc(Oc2ccnc(NN)n2)c1. The number of hydrogen-bond acceptors (Lipinski definition) is 5. The minimum Gasteiger partial charge on any atom is -0.439 e. The third-order valence-corrected chi connectivity index (χ3v) is 1.97. The van der Waals surface area contributed by atoms with E-state index >= 15 is 0 Å². The van der Waals surface area contributed by atoms with E-state index in [1.54, 1.807) is 12.3 Å². The fourth-order valence-corrected chi connectivity index (χ4v) is 1.27. The molecule has 1 aromatic carbocycles. The van der Waals surface area contributed by atoms with Crippen LogP contribution in [0.4, 0.5) is 5.95 Å². The van der Waals surface area contributed by atoms with Crippen molar-refractivity contribution in [2.24, 2.45) is 5.84 Å². The Morgan fingerprint density at radius 2 is 2.19 bits per heavy atom. The molecule has 0 saturated heterocycles. The van der Waals surface area contributed by atoms with Gasteiger partial charge in [-0.05, 0) is 24.6 Å². The van der Waals surface area contributed by atoms with Gasteiger partial charge in [0.2, 0.25) is 11.8 Å². The highest BCUT2D eigenvalue weighted by Gasteiger charge is 2.00. The first-order chi connectivity index (χ1) is 7.78. The number of aryl methyl sites for hydroxylation is 1. The Morgan fingerprint density at radius 1 is 1.31 bits per heavy atom. The van der Waals surface area contributed by atoms with E-state index in [9.17, 15) is 0 Å². The van der Waals surface area contributed by atoms with Crippen molar-refractivity contribution >= 4 is 5.95 Å². The third-order valence-electron chi connectivity index (χ3n) is 1.97. The summed E-state index contributed by atoms with van der Waals surface area (Å²) >= 11 is 0. The Kier molecular flexibility index (Phi) is 2.98. The van der Waals surface area contributed by atoms with Gasteiger partial charge in [-0.25, -0.2) is 10.8 Å². The number of benzene rings is 1. The molecule has 2 aromatic rings. The molecule has 5 nitrogen and oxygen atoms in total. The van der Waals surface area contributed by atoms with E-state index in [4.69, 9.17) is 10.6 Å². The molecule has 0 saturated carbocycles. The number of ether oxygens (including phenoxy) is 1. The molecule has 0 fully saturated rings. The second-order valence-electron chi connectivity index (χ2n) is 3.28. The van der Waals surface area contributed by atoms with Crippen molar-refractivity contribution in [2.45, 2.75) is 6.92 Å². The van der Waals surface area contributed by atoms with Gasteiger partial charge in [-0.1, -0.05) is 12.1 Å². The number of aromatic nitrogens is 2. The van der Waals surface area contributed by atoms with Crippen molar-refractivity contribution in [1.82, 2.24) is 9.97 Å². The third kappa shape index (κ3) is 2.46. The van der Waals surface area contributed by atoms with Crippen LogP contribution in [0.3, 0.4) is 0 Å². The Labute approximate surface area is 93.3 Å². The monoisotopic (exact) mass is 216 g/mol. The summed E-state index contributed by atoms with van der Waals surface area (Å²) in [4.78, 5) is 7.94. The first-order valence-electron chi connectivity index (χ1n) is 4.82. The Morgan fingerprint density at radius 3 is 2.94 bits per heavy atom. The number of nitrogen functional groups attached to an aromatic ring is 1. The van der Waals surface area contributed by atoms with Gasteiger partial charge in [0.05, 0.1) is 0 Å². The molecule has 0 aliphatic heterocycles. The minimum absolute atomic E-state index is 0.324. The second-order valence-corrected chi connectivity index (χ2v) is 3.28.